The van der Waals surface area contributed by atoms with E-state index in [1.54, 1.807) is 6.26 Å². The lowest BCUT2D eigenvalue weighted by atomic mass is 9.97. The molecular formula is C13H11NO. The summed E-state index contributed by atoms with van der Waals surface area (Å²) in [5.41, 5.74) is 6.63. The van der Waals surface area contributed by atoms with E-state index >= 15 is 0 Å². The Bertz CT molecular complexity index is 471. The molecule has 2 nitrogen and oxygen atoms in total. The first kappa shape index (κ1) is 8.36. The Balaban J connectivity index is 2.00. The average Bonchev–Trinajstić information content (AvgIpc) is 2.74. The predicted molar refractivity (Wildman–Crippen MR) is 59.7 cm³/mol. The van der Waals surface area contributed by atoms with Gasteiger partial charge in [0.25, 0.3) is 0 Å². The van der Waals surface area contributed by atoms with Gasteiger partial charge in [0, 0.05) is 5.92 Å². The molecule has 1 unspecified atom stereocenters. The van der Waals surface area contributed by atoms with Crippen molar-refractivity contribution in [2.24, 2.45) is 0 Å². The molecule has 1 atom stereocenters. The Labute approximate surface area is 88.5 Å². The van der Waals surface area contributed by atoms with Crippen LogP contribution in [0.3, 0.4) is 0 Å². The largest absolute Gasteiger partial charge is 0.390 e. The van der Waals surface area contributed by atoms with Crippen LogP contribution in [0.2, 0.25) is 0 Å². The normalized spacial score (nSPS) is 21.6. The third-order valence-corrected chi connectivity index (χ3v) is 2.73. The molecule has 15 heavy (non-hydrogen) atoms. The Morgan fingerprint density at radius 1 is 1.20 bits per heavy atom. The quantitative estimate of drug-likeness (QED) is 0.747. The lowest BCUT2D eigenvalue weighted by Gasteiger charge is -2.18. The highest BCUT2D eigenvalue weighted by Gasteiger charge is 2.21. The summed E-state index contributed by atoms with van der Waals surface area (Å²) in [5, 5.41) is 0. The molecule has 0 spiro atoms. The average molecular weight is 197 g/mol. The van der Waals surface area contributed by atoms with Crippen LogP contribution in [0.4, 0.5) is 0 Å². The zero-order chi connectivity index (χ0) is 10.1. The van der Waals surface area contributed by atoms with Gasteiger partial charge in [0.15, 0.2) is 0 Å². The van der Waals surface area contributed by atoms with Gasteiger partial charge < -0.3 is 4.84 Å². The highest BCUT2D eigenvalue weighted by molar-refractivity contribution is 5.64. The van der Waals surface area contributed by atoms with Gasteiger partial charge in [0.1, 0.15) is 6.26 Å². The van der Waals surface area contributed by atoms with Gasteiger partial charge in [-0.05, 0) is 23.3 Å². The van der Waals surface area contributed by atoms with Gasteiger partial charge in [0.2, 0.25) is 0 Å². The second kappa shape index (κ2) is 3.31. The van der Waals surface area contributed by atoms with Crippen molar-refractivity contribution in [3.63, 3.8) is 0 Å². The first-order chi connectivity index (χ1) is 7.45. The number of nitrogens with one attached hydrogen (secondary N) is 1. The van der Waals surface area contributed by atoms with Gasteiger partial charge in [-0.2, -0.15) is 0 Å². The summed E-state index contributed by atoms with van der Waals surface area (Å²) in [6.45, 7) is 0. The molecule has 3 rings (SSSR count). The molecular weight excluding hydrogens is 186 g/mol. The van der Waals surface area contributed by atoms with Gasteiger partial charge in [-0.25, -0.2) is 5.48 Å². The van der Waals surface area contributed by atoms with Crippen LogP contribution < -0.4 is 5.48 Å². The Morgan fingerprint density at radius 3 is 3.00 bits per heavy atom. The SMILES string of the molecule is C1=CONC(C2C=Cc3ccccc32)=C1. The van der Waals surface area contributed by atoms with E-state index in [1.165, 1.54) is 11.1 Å². The fourth-order valence-electron chi connectivity index (χ4n) is 2.01. The maximum Gasteiger partial charge on any atom is 0.119 e. The summed E-state index contributed by atoms with van der Waals surface area (Å²) in [6.07, 6.45) is 9.92. The van der Waals surface area contributed by atoms with Gasteiger partial charge in [-0.3, -0.25) is 0 Å². The first-order valence-electron chi connectivity index (χ1n) is 5.01. The molecule has 1 aromatic rings. The Kier molecular flexibility index (Phi) is 1.85. The fraction of sp³-hybridized carbons (Fsp3) is 0.0769. The number of hydroxylamine groups is 1. The number of rotatable bonds is 1. The molecule has 0 saturated carbocycles. The highest BCUT2D eigenvalue weighted by Crippen LogP contribution is 2.34. The molecule has 0 bridgehead atoms. The van der Waals surface area contributed by atoms with Gasteiger partial charge in [-0.1, -0.05) is 36.4 Å². The van der Waals surface area contributed by atoms with Crippen LogP contribution in [-0.2, 0) is 4.84 Å². The molecule has 0 aromatic heterocycles. The molecule has 2 aliphatic rings. The molecule has 74 valence electrons. The highest BCUT2D eigenvalue weighted by atomic mass is 16.6. The molecule has 1 N–H and O–H groups in total. The van der Waals surface area contributed by atoms with E-state index in [0.29, 0.717) is 5.92 Å². The number of hydrogen-bond acceptors (Lipinski definition) is 2. The van der Waals surface area contributed by atoms with Crippen molar-refractivity contribution in [3.8, 4) is 0 Å². The summed E-state index contributed by atoms with van der Waals surface area (Å²) >= 11 is 0. The number of allylic oxidation sites excluding steroid dienone is 3. The second-order valence-corrected chi connectivity index (χ2v) is 3.64. The van der Waals surface area contributed by atoms with Crippen LogP contribution in [-0.4, -0.2) is 0 Å². The van der Waals surface area contributed by atoms with Crippen LogP contribution >= 0.6 is 0 Å². The third-order valence-electron chi connectivity index (χ3n) is 2.73. The summed E-state index contributed by atoms with van der Waals surface area (Å²) < 4.78 is 0. The lowest BCUT2D eigenvalue weighted by molar-refractivity contribution is 0.155. The minimum atomic E-state index is 0.297. The smallest absolute Gasteiger partial charge is 0.119 e. The van der Waals surface area contributed by atoms with E-state index < -0.39 is 0 Å². The molecule has 2 heteroatoms. The molecule has 1 aliphatic carbocycles. The number of hydrogen-bond donors (Lipinski definition) is 1. The van der Waals surface area contributed by atoms with Crippen LogP contribution in [0.5, 0.6) is 0 Å². The van der Waals surface area contributed by atoms with E-state index in [2.05, 4.69) is 41.9 Å². The van der Waals surface area contributed by atoms with Crippen molar-refractivity contribution in [1.29, 1.82) is 0 Å². The number of benzene rings is 1. The summed E-state index contributed by atoms with van der Waals surface area (Å²) in [5.74, 6) is 0.297. The van der Waals surface area contributed by atoms with Crippen molar-refractivity contribution in [2.45, 2.75) is 5.92 Å². The third kappa shape index (κ3) is 1.34. The molecule has 0 radical (unpaired) electrons. The maximum atomic E-state index is 5.08. The van der Waals surface area contributed by atoms with Crippen LogP contribution in [0.15, 0.2) is 54.5 Å². The lowest BCUT2D eigenvalue weighted by Crippen LogP contribution is -2.17. The zero-order valence-electron chi connectivity index (χ0n) is 8.18. The van der Waals surface area contributed by atoms with E-state index in [4.69, 9.17) is 4.84 Å². The first-order valence-corrected chi connectivity index (χ1v) is 5.01. The van der Waals surface area contributed by atoms with Gasteiger partial charge in [0.05, 0.1) is 5.70 Å². The van der Waals surface area contributed by atoms with E-state index in [1.807, 2.05) is 12.2 Å². The van der Waals surface area contributed by atoms with Crippen molar-refractivity contribution in [2.75, 3.05) is 0 Å². The minimum Gasteiger partial charge on any atom is -0.390 e. The maximum absolute atomic E-state index is 5.08. The van der Waals surface area contributed by atoms with E-state index in [9.17, 15) is 0 Å². The van der Waals surface area contributed by atoms with Crippen LogP contribution in [0, 0.1) is 0 Å². The Morgan fingerprint density at radius 2 is 2.13 bits per heavy atom. The summed E-state index contributed by atoms with van der Waals surface area (Å²) in [4.78, 5) is 5.08. The molecule has 0 saturated heterocycles. The summed E-state index contributed by atoms with van der Waals surface area (Å²) in [6, 6.07) is 8.41. The van der Waals surface area contributed by atoms with Gasteiger partial charge in [-0.15, -0.1) is 0 Å². The molecule has 1 aliphatic heterocycles. The minimum absolute atomic E-state index is 0.297. The molecule has 1 heterocycles. The fourth-order valence-corrected chi connectivity index (χ4v) is 2.01. The Hall–Kier alpha value is -1.96. The predicted octanol–water partition coefficient (Wildman–Crippen LogP) is 2.73. The van der Waals surface area contributed by atoms with E-state index in [-0.39, 0.29) is 0 Å². The van der Waals surface area contributed by atoms with Crippen molar-refractivity contribution < 1.29 is 4.84 Å². The standard InChI is InChI=1S/C13H11NO/c1-2-5-11-10(4-1)7-8-12(11)13-6-3-9-15-14-13/h1-9,12,14H. The van der Waals surface area contributed by atoms with Gasteiger partial charge >= 0.3 is 0 Å². The summed E-state index contributed by atoms with van der Waals surface area (Å²) in [7, 11) is 0. The van der Waals surface area contributed by atoms with Crippen LogP contribution in [0.1, 0.15) is 17.0 Å². The van der Waals surface area contributed by atoms with Crippen molar-refractivity contribution in [3.05, 3.63) is 65.6 Å². The second-order valence-electron chi connectivity index (χ2n) is 3.64. The van der Waals surface area contributed by atoms with Crippen LogP contribution in [0.25, 0.3) is 6.08 Å². The zero-order valence-corrected chi connectivity index (χ0v) is 8.18. The molecule has 0 fully saturated rings. The molecule has 1 aromatic carbocycles. The number of fused-ring (bicyclic) bond motifs is 1. The topological polar surface area (TPSA) is 21.3 Å². The molecule has 0 amide bonds. The van der Waals surface area contributed by atoms with E-state index in [0.717, 1.165) is 5.70 Å². The monoisotopic (exact) mass is 197 g/mol. The van der Waals surface area contributed by atoms with Crippen molar-refractivity contribution >= 4 is 6.08 Å². The van der Waals surface area contributed by atoms with Crippen molar-refractivity contribution in [1.82, 2.24) is 5.48 Å².